The number of methoxy groups -OCH3 is 1. The third-order valence-corrected chi connectivity index (χ3v) is 7.18. The highest BCUT2D eigenvalue weighted by Crippen LogP contribution is 2.43. The van der Waals surface area contributed by atoms with Crippen molar-refractivity contribution in [2.24, 2.45) is 0 Å². The van der Waals surface area contributed by atoms with Crippen molar-refractivity contribution in [2.45, 2.75) is 4.21 Å². The summed E-state index contributed by atoms with van der Waals surface area (Å²) in [6.45, 7) is 0.410. The molecule has 142 valence electrons. The number of nitrogens with two attached hydrogens (primary N) is 1. The lowest BCUT2D eigenvalue weighted by Gasteiger charge is -2.09. The average Bonchev–Trinajstić information content (AvgIpc) is 3.09. The Morgan fingerprint density at radius 1 is 1.14 bits per heavy atom. The molecular weight excluding hydrogens is 392 g/mol. The molecule has 0 aliphatic carbocycles. The zero-order chi connectivity index (χ0) is 19.5. The number of pyridine rings is 1. The Bertz CT molecular complexity index is 1090. The lowest BCUT2D eigenvalue weighted by atomic mass is 10.0. The van der Waals surface area contributed by atoms with Crippen LogP contribution in [0.15, 0.2) is 59.1 Å². The molecule has 0 fully saturated rings. The van der Waals surface area contributed by atoms with E-state index in [9.17, 15) is 4.55 Å². The van der Waals surface area contributed by atoms with E-state index in [4.69, 9.17) is 15.5 Å². The van der Waals surface area contributed by atoms with Gasteiger partial charge < -0.3 is 15.0 Å². The summed E-state index contributed by atoms with van der Waals surface area (Å²) >= 11 is 0.135. The Balaban J connectivity index is 1.94. The van der Waals surface area contributed by atoms with E-state index in [1.165, 1.54) is 11.3 Å². The van der Waals surface area contributed by atoms with Crippen LogP contribution in [-0.4, -0.2) is 39.2 Å². The fourth-order valence-corrected chi connectivity index (χ4v) is 5.52. The summed E-state index contributed by atoms with van der Waals surface area (Å²) in [5, 5.41) is 8.63. The van der Waals surface area contributed by atoms with E-state index >= 15 is 0 Å². The van der Waals surface area contributed by atoms with Gasteiger partial charge in [-0.2, -0.15) is 10.2 Å². The lowest BCUT2D eigenvalue weighted by molar-refractivity contribution is 0.217. The summed E-state index contributed by atoms with van der Waals surface area (Å²) in [5.74, 6) is 0.398. The van der Waals surface area contributed by atoms with Crippen LogP contribution in [0.5, 0.6) is 0 Å². The molecule has 28 heavy (non-hydrogen) atoms. The highest BCUT2D eigenvalue weighted by Gasteiger charge is 2.24. The number of anilines is 1. The van der Waals surface area contributed by atoms with E-state index in [-0.39, 0.29) is 0 Å². The van der Waals surface area contributed by atoms with E-state index < -0.39 is 11.2 Å². The minimum absolute atomic E-state index is 0.398. The van der Waals surface area contributed by atoms with Crippen molar-refractivity contribution in [1.82, 2.24) is 15.2 Å². The van der Waals surface area contributed by atoms with Crippen LogP contribution in [0.2, 0.25) is 0 Å². The van der Waals surface area contributed by atoms with Crippen molar-refractivity contribution in [3.05, 3.63) is 54.9 Å². The van der Waals surface area contributed by atoms with E-state index in [2.05, 4.69) is 10.2 Å². The summed E-state index contributed by atoms with van der Waals surface area (Å²) in [5.41, 5.74) is 10.6. The van der Waals surface area contributed by atoms with Gasteiger partial charge in [-0.25, -0.2) is 4.98 Å². The second kappa shape index (κ2) is 8.24. The predicted octanol–water partition coefficient (Wildman–Crippen LogP) is 3.76. The monoisotopic (exact) mass is 410 g/mol. The van der Waals surface area contributed by atoms with Gasteiger partial charge in [-0.3, -0.25) is 0 Å². The molecular formula is C20H18N4O2S2. The van der Waals surface area contributed by atoms with Gasteiger partial charge in [-0.05, 0) is 23.3 Å². The number of rotatable bonds is 6. The van der Waals surface area contributed by atoms with Crippen molar-refractivity contribution in [3.63, 3.8) is 0 Å². The van der Waals surface area contributed by atoms with Gasteiger partial charge in [0.25, 0.3) is 0 Å². The van der Waals surface area contributed by atoms with Crippen LogP contribution in [-0.2, 0) is 15.9 Å². The maximum absolute atomic E-state index is 12.7. The molecule has 2 N–H and O–H groups in total. The predicted molar refractivity (Wildman–Crippen MR) is 114 cm³/mol. The molecule has 0 aliphatic rings. The fourth-order valence-electron chi connectivity index (χ4n) is 2.96. The number of hydrogen-bond acceptors (Lipinski definition) is 7. The van der Waals surface area contributed by atoms with E-state index in [1.807, 2.05) is 42.5 Å². The minimum Gasteiger partial charge on any atom is -0.611 e. The molecule has 1 aromatic carbocycles. The number of ether oxygens (including phenoxy) is 1. The lowest BCUT2D eigenvalue weighted by Crippen LogP contribution is -2.11. The first-order valence-corrected chi connectivity index (χ1v) is 10.8. The van der Waals surface area contributed by atoms with Gasteiger partial charge in [0.05, 0.1) is 24.7 Å². The van der Waals surface area contributed by atoms with Crippen LogP contribution >= 0.6 is 11.3 Å². The van der Waals surface area contributed by atoms with Crippen molar-refractivity contribution in [3.8, 4) is 22.4 Å². The molecule has 8 heteroatoms. The van der Waals surface area contributed by atoms with Gasteiger partial charge in [0.15, 0.2) is 0 Å². The normalized spacial score (nSPS) is 12.4. The molecule has 4 rings (SSSR count). The van der Waals surface area contributed by atoms with Gasteiger partial charge >= 0.3 is 0 Å². The molecule has 0 saturated heterocycles. The molecule has 0 spiro atoms. The highest BCUT2D eigenvalue weighted by molar-refractivity contribution is 7.93. The molecule has 1 atom stereocenters. The summed E-state index contributed by atoms with van der Waals surface area (Å²) in [4.78, 5) is 5.54. The minimum atomic E-state index is -1.24. The zero-order valence-electron chi connectivity index (χ0n) is 15.2. The maximum Gasteiger partial charge on any atom is 0.232 e. The second-order valence-corrected chi connectivity index (χ2v) is 8.84. The zero-order valence-corrected chi connectivity index (χ0v) is 16.8. The topological polar surface area (TPSA) is 97.0 Å². The summed E-state index contributed by atoms with van der Waals surface area (Å²) in [6.07, 6.45) is 3.31. The Morgan fingerprint density at radius 2 is 1.96 bits per heavy atom. The SMILES string of the molecule is COCC[S@+]([O-])c1sc2nc(-c3ccnnc3)cc(-c3ccccc3)c2c1N. The molecule has 3 heterocycles. The van der Waals surface area contributed by atoms with Crippen LogP contribution in [0, 0.1) is 0 Å². The van der Waals surface area contributed by atoms with Crippen molar-refractivity contribution >= 4 is 38.4 Å². The largest absolute Gasteiger partial charge is 0.611 e. The standard InChI is InChI=1S/C20H18N4O2S2/c1-26-9-10-28(25)20-18(21)17-15(13-5-3-2-4-6-13)11-16(24-19(17)27-20)14-7-8-22-23-12-14/h2-8,11-12H,9-10,21H2,1H3/t28-/m0/s1. The number of fused-ring (bicyclic) bond motifs is 1. The van der Waals surface area contributed by atoms with Gasteiger partial charge in [0.2, 0.25) is 4.21 Å². The fraction of sp³-hybridized carbons (Fsp3) is 0.150. The van der Waals surface area contributed by atoms with Gasteiger partial charge in [0.1, 0.15) is 16.3 Å². The molecule has 0 bridgehead atoms. The Kier molecular flexibility index (Phi) is 5.54. The first kappa shape index (κ1) is 18.8. The van der Waals surface area contributed by atoms with Crippen LogP contribution in [0.3, 0.4) is 0 Å². The van der Waals surface area contributed by atoms with Crippen LogP contribution in [0.1, 0.15) is 0 Å². The molecule has 0 saturated carbocycles. The first-order chi connectivity index (χ1) is 13.7. The van der Waals surface area contributed by atoms with Crippen LogP contribution in [0.4, 0.5) is 5.69 Å². The number of nitrogen functional groups attached to an aromatic ring is 1. The average molecular weight is 411 g/mol. The highest BCUT2D eigenvalue weighted by atomic mass is 32.2. The van der Waals surface area contributed by atoms with Crippen LogP contribution < -0.4 is 5.73 Å². The van der Waals surface area contributed by atoms with E-state index in [1.54, 1.807) is 19.5 Å². The molecule has 4 aromatic rings. The number of hydrogen-bond donors (Lipinski definition) is 1. The smallest absolute Gasteiger partial charge is 0.232 e. The van der Waals surface area contributed by atoms with Crippen LogP contribution in [0.25, 0.3) is 32.6 Å². The second-order valence-electron chi connectivity index (χ2n) is 6.08. The number of benzene rings is 1. The third kappa shape index (κ3) is 3.59. The maximum atomic E-state index is 12.7. The van der Waals surface area contributed by atoms with Crippen molar-refractivity contribution in [2.75, 3.05) is 25.2 Å². The number of thiophene rings is 1. The number of aromatic nitrogens is 3. The summed E-state index contributed by atoms with van der Waals surface area (Å²) in [6, 6.07) is 13.9. The quantitative estimate of drug-likeness (QED) is 0.486. The molecule has 0 amide bonds. The van der Waals surface area contributed by atoms with Gasteiger partial charge in [-0.15, -0.1) is 0 Å². The summed E-state index contributed by atoms with van der Waals surface area (Å²) in [7, 11) is 1.59. The van der Waals surface area contributed by atoms with E-state index in [0.29, 0.717) is 22.3 Å². The van der Waals surface area contributed by atoms with Crippen molar-refractivity contribution in [1.29, 1.82) is 0 Å². The number of nitrogens with zero attached hydrogens (tertiary/aromatic N) is 3. The Hall–Kier alpha value is -2.52. The first-order valence-electron chi connectivity index (χ1n) is 8.62. The molecule has 3 aromatic heterocycles. The molecule has 0 unspecified atom stereocenters. The Morgan fingerprint density at radius 3 is 2.68 bits per heavy atom. The van der Waals surface area contributed by atoms with Gasteiger partial charge in [0, 0.05) is 29.2 Å². The third-order valence-electron chi connectivity index (χ3n) is 4.31. The summed E-state index contributed by atoms with van der Waals surface area (Å²) < 4.78 is 18.4. The molecule has 0 aliphatic heterocycles. The van der Waals surface area contributed by atoms with Gasteiger partial charge in [-0.1, -0.05) is 41.7 Å². The van der Waals surface area contributed by atoms with E-state index in [0.717, 1.165) is 32.6 Å². The molecule has 6 nitrogen and oxygen atoms in total. The Labute approximate surface area is 169 Å². The molecule has 0 radical (unpaired) electrons. The van der Waals surface area contributed by atoms with Crippen molar-refractivity contribution < 1.29 is 9.29 Å².